The molecule has 0 aromatic heterocycles. The molecule has 0 aromatic rings. The van der Waals surface area contributed by atoms with Crippen LogP contribution in [-0.4, -0.2) is 164 Å². The van der Waals surface area contributed by atoms with Crippen LogP contribution in [0.1, 0.15) is 58.8 Å². The van der Waals surface area contributed by atoms with Gasteiger partial charge in [0.2, 0.25) is 0 Å². The number of carbonyl (C=O) groups is 1. The Bertz CT molecular complexity index is 1100. The summed E-state index contributed by atoms with van der Waals surface area (Å²) in [5.74, 6) is -1.93. The van der Waals surface area contributed by atoms with E-state index < -0.39 is 95.5 Å². The Balaban J connectivity index is -0.00000264. The Hall–Kier alpha value is -1.51. The highest BCUT2D eigenvalue weighted by molar-refractivity contribution is 5.85. The fourth-order valence-electron chi connectivity index (χ4n) is 10.1. The molecule has 0 aromatic carbocycles. The number of cyclic esters (lactones) is 1. The molecular weight excluding hydrogens is 668 g/mol. The summed E-state index contributed by atoms with van der Waals surface area (Å²) in [6, 6.07) is 0. The second-order valence-electron chi connectivity index (χ2n) is 13.8. The molecule has 296 valence electrons. The van der Waals surface area contributed by atoms with Gasteiger partial charge in [0.25, 0.3) is 0 Å². The van der Waals surface area contributed by atoms with Gasteiger partial charge in [-0.25, -0.2) is 4.79 Å². The number of aliphatic hydroxyl groups excluding tert-OH is 6. The fourth-order valence-corrected chi connectivity index (χ4v) is 10.1. The van der Waals surface area contributed by atoms with E-state index in [9.17, 15) is 45.6 Å². The lowest BCUT2D eigenvalue weighted by Gasteiger charge is -2.68. The summed E-state index contributed by atoms with van der Waals surface area (Å²) in [4.78, 5) is 11.8. The van der Waals surface area contributed by atoms with Gasteiger partial charge in [-0.3, -0.25) is 0 Å². The van der Waals surface area contributed by atoms with Gasteiger partial charge >= 0.3 is 5.97 Å². The molecule has 4 aliphatic carbocycles. The minimum Gasteiger partial charge on any atom is -0.458 e. The van der Waals surface area contributed by atoms with Crippen molar-refractivity contribution in [2.45, 2.75) is 119 Å². The van der Waals surface area contributed by atoms with E-state index >= 15 is 0 Å². The minimum absolute atomic E-state index is 0. The Labute approximate surface area is 282 Å². The van der Waals surface area contributed by atoms with Crippen LogP contribution >= 0.6 is 0 Å². The van der Waals surface area contributed by atoms with Crippen molar-refractivity contribution in [1.29, 1.82) is 0 Å². The third kappa shape index (κ3) is 7.02. The quantitative estimate of drug-likeness (QED) is 0.0988. The van der Waals surface area contributed by atoms with Gasteiger partial charge in [0.15, 0.2) is 6.29 Å². The zero-order chi connectivity index (χ0) is 29.7. The average molecular weight is 729 g/mol. The fraction of sp³-hybridized carbons (Fsp3) is 0.897. The largest absolute Gasteiger partial charge is 0.458 e. The van der Waals surface area contributed by atoms with Crippen molar-refractivity contribution in [2.75, 3.05) is 13.2 Å². The van der Waals surface area contributed by atoms with Gasteiger partial charge in [0.1, 0.15) is 24.9 Å². The van der Waals surface area contributed by atoms with Gasteiger partial charge in [-0.15, -0.1) is 0 Å². The van der Waals surface area contributed by atoms with Gasteiger partial charge in [0.05, 0.1) is 47.6 Å². The maximum absolute atomic E-state index is 12.4. The smallest absolute Gasteiger partial charge is 0.331 e. The number of fused-ring (bicyclic) bond motifs is 5. The molecule has 0 bridgehead atoms. The third-order valence-electron chi connectivity index (χ3n) is 12.2. The predicted molar refractivity (Wildman–Crippen MR) is 168 cm³/mol. The Kier molecular flexibility index (Phi) is 18.3. The maximum Gasteiger partial charge on any atom is 0.331 e. The zero-order valence-electron chi connectivity index (χ0n) is 27.5. The van der Waals surface area contributed by atoms with Crippen LogP contribution in [0.15, 0.2) is 11.6 Å². The summed E-state index contributed by atoms with van der Waals surface area (Å²) < 4.78 is 16.7. The molecular formula is C29H60O20. The van der Waals surface area contributed by atoms with Gasteiger partial charge in [-0.1, -0.05) is 6.92 Å². The van der Waals surface area contributed by atoms with Crippen LogP contribution in [0.2, 0.25) is 0 Å². The van der Waals surface area contributed by atoms with Gasteiger partial charge in [0, 0.05) is 30.3 Å². The molecule has 6 aliphatic rings. The molecule has 49 heavy (non-hydrogen) atoms. The van der Waals surface area contributed by atoms with Gasteiger partial charge in [-0.05, 0) is 56.4 Å². The summed E-state index contributed by atoms with van der Waals surface area (Å²) >= 11 is 0. The second-order valence-corrected chi connectivity index (χ2v) is 13.8. The van der Waals surface area contributed by atoms with E-state index in [1.165, 1.54) is 13.0 Å². The molecule has 20 heteroatoms. The van der Waals surface area contributed by atoms with E-state index in [2.05, 4.69) is 0 Å². The van der Waals surface area contributed by atoms with Crippen LogP contribution in [0.25, 0.3) is 0 Å². The summed E-state index contributed by atoms with van der Waals surface area (Å²) in [7, 11) is 0. The molecule has 1 saturated heterocycles. The summed E-state index contributed by atoms with van der Waals surface area (Å²) in [5, 5.41) is 89.6. The van der Waals surface area contributed by atoms with Crippen molar-refractivity contribution in [1.82, 2.24) is 0 Å². The topological polar surface area (TPSA) is 459 Å². The molecule has 15 unspecified atom stereocenters. The monoisotopic (exact) mass is 728 g/mol. The normalized spacial score (nSPS) is 47.6. The first-order valence-electron chi connectivity index (χ1n) is 14.9. The van der Waals surface area contributed by atoms with E-state index in [1.807, 2.05) is 6.92 Å². The zero-order valence-corrected chi connectivity index (χ0v) is 27.5. The predicted octanol–water partition coefficient (Wildman–Crippen LogP) is -8.11. The molecule has 0 radical (unpaired) electrons. The van der Waals surface area contributed by atoms with E-state index in [0.29, 0.717) is 19.3 Å². The number of hydrogen-bond acceptors (Lipinski definition) is 12. The third-order valence-corrected chi connectivity index (χ3v) is 12.2. The number of carbonyl (C=O) groups excluding carboxylic acids is 1. The number of aliphatic hydroxyl groups is 8. The molecule has 2 aliphatic heterocycles. The lowest BCUT2D eigenvalue weighted by molar-refractivity contribution is -0.342. The summed E-state index contributed by atoms with van der Waals surface area (Å²) in [6.45, 7) is 3.00. The van der Waals surface area contributed by atoms with Gasteiger partial charge in [-0.2, -0.15) is 0 Å². The first-order chi connectivity index (χ1) is 19.2. The Morgan fingerprint density at radius 2 is 1.49 bits per heavy atom. The highest BCUT2D eigenvalue weighted by atomic mass is 16.7. The number of esters is 1. The van der Waals surface area contributed by atoms with Crippen LogP contribution in [0.5, 0.6) is 0 Å². The lowest BCUT2D eigenvalue weighted by Crippen LogP contribution is -2.76. The molecule has 4 saturated carbocycles. The summed E-state index contributed by atoms with van der Waals surface area (Å²) in [5.41, 5.74) is -4.46. The first-order valence-corrected chi connectivity index (χ1v) is 14.9. The van der Waals surface area contributed by atoms with Crippen molar-refractivity contribution in [3.05, 3.63) is 11.6 Å². The number of ether oxygens (including phenoxy) is 3. The highest BCUT2D eigenvalue weighted by Crippen LogP contribution is 2.70. The van der Waals surface area contributed by atoms with Crippen LogP contribution in [0, 0.1) is 28.6 Å². The maximum atomic E-state index is 12.4. The number of rotatable bonds is 4. The van der Waals surface area contributed by atoms with Crippen LogP contribution in [0.4, 0.5) is 0 Å². The highest BCUT2D eigenvalue weighted by Gasteiger charge is 2.75. The second kappa shape index (κ2) is 17.3. The van der Waals surface area contributed by atoms with Gasteiger partial charge < -0.3 is 98.9 Å². The Morgan fingerprint density at radius 1 is 0.878 bits per heavy atom. The summed E-state index contributed by atoms with van der Waals surface area (Å²) in [6.07, 6.45) is -6.68. The van der Waals surface area contributed by atoms with Crippen LogP contribution in [0.3, 0.4) is 0 Å². The van der Waals surface area contributed by atoms with Crippen LogP contribution in [-0.2, 0) is 19.0 Å². The molecule has 5 fully saturated rings. The van der Waals surface area contributed by atoms with E-state index in [-0.39, 0.29) is 82.0 Å². The van der Waals surface area contributed by atoms with Crippen molar-refractivity contribution < 1.29 is 104 Å². The first kappa shape index (κ1) is 51.9. The standard InChI is InChI=1S/C29H44O12.8H2O/c1-13-22(34)23(35)24(36)25(40-13)41-15-8-19(32)28(12-30)21-17(3-5-27(28,37)9-15)29(38)6-4-16(14-7-20(33)39-11-14)26(29,2)10-18(21)31;;;;;;;;/h7,13,15-19,21-25,30-32,34-38H,3-6,8-12H2,1-2H3;8*1H2. The van der Waals surface area contributed by atoms with E-state index in [1.54, 1.807) is 0 Å². The minimum atomic E-state index is -1.67. The SMILES string of the molecule is CC1OC(OC2CC(O)C3(CO)C4C(O)CC5(C)C(C6=CC(=O)OC6)CCC5(O)C4CCC3(O)C2)C(O)C(O)C1O.O.O.O.O.O.O.O.O. The molecule has 2 heterocycles. The van der Waals surface area contributed by atoms with Crippen molar-refractivity contribution in [3.8, 4) is 0 Å². The lowest BCUT2D eigenvalue weighted by atomic mass is 9.40. The van der Waals surface area contributed by atoms with E-state index in [4.69, 9.17) is 14.2 Å². The van der Waals surface area contributed by atoms with Crippen molar-refractivity contribution in [3.63, 3.8) is 0 Å². The molecule has 15 atom stereocenters. The van der Waals surface area contributed by atoms with Crippen molar-refractivity contribution in [2.24, 2.45) is 28.6 Å². The van der Waals surface area contributed by atoms with E-state index in [0.717, 1.165) is 5.57 Å². The Morgan fingerprint density at radius 3 is 2.04 bits per heavy atom. The molecule has 0 spiro atoms. The molecule has 20 nitrogen and oxygen atoms in total. The van der Waals surface area contributed by atoms with Crippen molar-refractivity contribution >= 4 is 5.97 Å². The molecule has 24 N–H and O–H groups in total. The average Bonchev–Trinajstić information content (AvgIpc) is 3.45. The molecule has 0 amide bonds. The molecule has 6 rings (SSSR count). The number of hydrogen-bond donors (Lipinski definition) is 8. The van der Waals surface area contributed by atoms with Crippen LogP contribution < -0.4 is 0 Å².